The Bertz CT molecular complexity index is 159. The van der Waals surface area contributed by atoms with Crippen molar-refractivity contribution in [2.75, 3.05) is 20.8 Å². The monoisotopic (exact) mass is 206 g/mol. The van der Waals surface area contributed by atoms with Gasteiger partial charge in [0.15, 0.2) is 6.10 Å². The van der Waals surface area contributed by atoms with E-state index in [1.807, 2.05) is 0 Å². The Morgan fingerprint density at radius 3 is 2.43 bits per heavy atom. The van der Waals surface area contributed by atoms with E-state index >= 15 is 0 Å². The van der Waals surface area contributed by atoms with Crippen LogP contribution in [-0.4, -0.2) is 49.2 Å². The standard InChI is InChI=1S/C9H18O5/c1-13-6-4-3-5-7(10)8(11)9(12)14-2/h7-8,10-11H,3-6H2,1-2H3. The van der Waals surface area contributed by atoms with Gasteiger partial charge in [-0.3, -0.25) is 0 Å². The molecule has 0 aromatic rings. The highest BCUT2D eigenvalue weighted by molar-refractivity contribution is 5.74. The molecule has 0 radical (unpaired) electrons. The second-order valence-corrected chi connectivity index (χ2v) is 3.02. The second kappa shape index (κ2) is 7.73. The lowest BCUT2D eigenvalue weighted by Crippen LogP contribution is -2.34. The molecule has 0 fully saturated rings. The molecule has 0 bridgehead atoms. The van der Waals surface area contributed by atoms with Gasteiger partial charge in [0, 0.05) is 13.7 Å². The van der Waals surface area contributed by atoms with E-state index < -0.39 is 18.2 Å². The zero-order valence-electron chi connectivity index (χ0n) is 8.60. The van der Waals surface area contributed by atoms with Crippen molar-refractivity contribution in [3.63, 3.8) is 0 Å². The first-order valence-corrected chi connectivity index (χ1v) is 4.56. The zero-order valence-corrected chi connectivity index (χ0v) is 8.60. The van der Waals surface area contributed by atoms with Gasteiger partial charge in [0.1, 0.15) is 0 Å². The van der Waals surface area contributed by atoms with Crippen LogP contribution in [0.5, 0.6) is 0 Å². The third-order valence-electron chi connectivity index (χ3n) is 1.91. The molecule has 0 aromatic heterocycles. The minimum absolute atomic E-state index is 0.361. The molecule has 0 saturated carbocycles. The molecule has 0 amide bonds. The van der Waals surface area contributed by atoms with Crippen LogP contribution in [0.4, 0.5) is 0 Å². The van der Waals surface area contributed by atoms with Crippen LogP contribution in [0.3, 0.4) is 0 Å². The number of aliphatic hydroxyl groups is 2. The Morgan fingerprint density at radius 2 is 1.93 bits per heavy atom. The van der Waals surface area contributed by atoms with Crippen LogP contribution >= 0.6 is 0 Å². The smallest absolute Gasteiger partial charge is 0.337 e. The molecule has 2 atom stereocenters. The lowest BCUT2D eigenvalue weighted by Gasteiger charge is -2.15. The van der Waals surface area contributed by atoms with Gasteiger partial charge in [0.25, 0.3) is 0 Å². The summed E-state index contributed by atoms with van der Waals surface area (Å²) < 4.78 is 9.10. The highest BCUT2D eigenvalue weighted by Crippen LogP contribution is 2.06. The molecule has 0 heterocycles. The highest BCUT2D eigenvalue weighted by Gasteiger charge is 2.24. The van der Waals surface area contributed by atoms with Gasteiger partial charge in [-0.05, 0) is 19.3 Å². The number of esters is 1. The number of unbranched alkanes of at least 4 members (excludes halogenated alkanes) is 1. The molecule has 0 spiro atoms. The fourth-order valence-electron chi connectivity index (χ4n) is 1.04. The summed E-state index contributed by atoms with van der Waals surface area (Å²) in [6.07, 6.45) is -0.647. The third-order valence-corrected chi connectivity index (χ3v) is 1.91. The average Bonchev–Trinajstić information content (AvgIpc) is 2.21. The van der Waals surface area contributed by atoms with E-state index in [0.717, 1.165) is 6.42 Å². The van der Waals surface area contributed by atoms with Gasteiger partial charge in [-0.25, -0.2) is 4.79 Å². The molecule has 14 heavy (non-hydrogen) atoms. The van der Waals surface area contributed by atoms with E-state index in [0.29, 0.717) is 19.4 Å². The molecule has 5 heteroatoms. The molecule has 0 aliphatic carbocycles. The predicted molar refractivity (Wildman–Crippen MR) is 49.8 cm³/mol. The quantitative estimate of drug-likeness (QED) is 0.441. The molecule has 0 aromatic carbocycles. The van der Waals surface area contributed by atoms with Gasteiger partial charge in [-0.1, -0.05) is 0 Å². The van der Waals surface area contributed by atoms with Crippen molar-refractivity contribution in [2.24, 2.45) is 0 Å². The van der Waals surface area contributed by atoms with Gasteiger partial charge in [0.05, 0.1) is 13.2 Å². The SMILES string of the molecule is COCCCCC(O)C(O)C(=O)OC. The summed E-state index contributed by atoms with van der Waals surface area (Å²) in [5.41, 5.74) is 0. The van der Waals surface area contributed by atoms with Crippen molar-refractivity contribution in [2.45, 2.75) is 31.5 Å². The number of hydrogen-bond acceptors (Lipinski definition) is 5. The highest BCUT2D eigenvalue weighted by atomic mass is 16.5. The van der Waals surface area contributed by atoms with E-state index in [1.165, 1.54) is 7.11 Å². The fraction of sp³-hybridized carbons (Fsp3) is 0.889. The van der Waals surface area contributed by atoms with Crippen molar-refractivity contribution >= 4 is 5.97 Å². The van der Waals surface area contributed by atoms with Crippen molar-refractivity contribution in [3.8, 4) is 0 Å². The Kier molecular flexibility index (Phi) is 7.37. The lowest BCUT2D eigenvalue weighted by molar-refractivity contribution is -0.156. The van der Waals surface area contributed by atoms with Gasteiger partial charge < -0.3 is 19.7 Å². The third kappa shape index (κ3) is 5.16. The van der Waals surface area contributed by atoms with E-state index in [9.17, 15) is 15.0 Å². The van der Waals surface area contributed by atoms with Crippen molar-refractivity contribution in [1.29, 1.82) is 0 Å². The van der Waals surface area contributed by atoms with Crippen LogP contribution in [0.15, 0.2) is 0 Å². The maximum atomic E-state index is 10.8. The maximum Gasteiger partial charge on any atom is 0.337 e. The number of rotatable bonds is 7. The Balaban J connectivity index is 3.61. The summed E-state index contributed by atoms with van der Waals surface area (Å²) in [5, 5.41) is 18.5. The molecular formula is C9H18O5. The number of aliphatic hydroxyl groups excluding tert-OH is 2. The van der Waals surface area contributed by atoms with Gasteiger partial charge in [0.2, 0.25) is 0 Å². The van der Waals surface area contributed by atoms with Gasteiger partial charge in [-0.2, -0.15) is 0 Å². The predicted octanol–water partition coefficient (Wildman–Crippen LogP) is -0.302. The number of ether oxygens (including phenoxy) is 2. The maximum absolute atomic E-state index is 10.8. The average molecular weight is 206 g/mol. The molecule has 2 unspecified atom stereocenters. The molecule has 2 N–H and O–H groups in total. The van der Waals surface area contributed by atoms with Crippen LogP contribution in [-0.2, 0) is 14.3 Å². The summed E-state index contributed by atoms with van der Waals surface area (Å²) in [7, 11) is 2.77. The zero-order chi connectivity index (χ0) is 11.0. The van der Waals surface area contributed by atoms with E-state index in [2.05, 4.69) is 4.74 Å². The van der Waals surface area contributed by atoms with Crippen LogP contribution in [0.25, 0.3) is 0 Å². The Labute approximate surface area is 83.6 Å². The molecular weight excluding hydrogens is 188 g/mol. The molecule has 0 aliphatic heterocycles. The first kappa shape index (κ1) is 13.4. The van der Waals surface area contributed by atoms with Crippen molar-refractivity contribution in [1.82, 2.24) is 0 Å². The van der Waals surface area contributed by atoms with Crippen LogP contribution in [0.2, 0.25) is 0 Å². The molecule has 0 aliphatic rings. The van der Waals surface area contributed by atoms with Gasteiger partial charge >= 0.3 is 5.97 Å². The van der Waals surface area contributed by atoms with Crippen LogP contribution < -0.4 is 0 Å². The van der Waals surface area contributed by atoms with E-state index in [1.54, 1.807) is 7.11 Å². The topological polar surface area (TPSA) is 76.0 Å². The van der Waals surface area contributed by atoms with E-state index in [-0.39, 0.29) is 0 Å². The largest absolute Gasteiger partial charge is 0.467 e. The van der Waals surface area contributed by atoms with Crippen LogP contribution in [0.1, 0.15) is 19.3 Å². The normalized spacial score (nSPS) is 14.9. The number of carbonyl (C=O) groups is 1. The Morgan fingerprint density at radius 1 is 1.29 bits per heavy atom. The number of carbonyl (C=O) groups excluding carboxylic acids is 1. The lowest BCUT2D eigenvalue weighted by atomic mass is 10.1. The summed E-state index contributed by atoms with van der Waals surface area (Å²) in [6, 6.07) is 0. The fourth-order valence-corrected chi connectivity index (χ4v) is 1.04. The van der Waals surface area contributed by atoms with E-state index in [4.69, 9.17) is 4.74 Å². The molecule has 0 saturated heterocycles. The summed E-state index contributed by atoms with van der Waals surface area (Å²) in [5.74, 6) is -0.802. The van der Waals surface area contributed by atoms with Gasteiger partial charge in [-0.15, -0.1) is 0 Å². The second-order valence-electron chi connectivity index (χ2n) is 3.02. The Hall–Kier alpha value is -0.650. The number of hydrogen-bond donors (Lipinski definition) is 2. The summed E-state index contributed by atoms with van der Waals surface area (Å²) in [4.78, 5) is 10.8. The summed E-state index contributed by atoms with van der Waals surface area (Å²) in [6.45, 7) is 0.612. The first-order chi connectivity index (χ1) is 6.63. The first-order valence-electron chi connectivity index (χ1n) is 4.56. The minimum Gasteiger partial charge on any atom is -0.467 e. The number of methoxy groups -OCH3 is 2. The van der Waals surface area contributed by atoms with Crippen molar-refractivity contribution in [3.05, 3.63) is 0 Å². The molecule has 84 valence electrons. The summed E-state index contributed by atoms with van der Waals surface area (Å²) >= 11 is 0. The minimum atomic E-state index is -1.44. The molecule has 0 rings (SSSR count). The van der Waals surface area contributed by atoms with Crippen molar-refractivity contribution < 1.29 is 24.5 Å². The molecule has 5 nitrogen and oxygen atoms in total. The van der Waals surface area contributed by atoms with Crippen LogP contribution in [0, 0.1) is 0 Å².